The summed E-state index contributed by atoms with van der Waals surface area (Å²) in [6, 6.07) is 12.7. The highest BCUT2D eigenvalue weighted by Crippen LogP contribution is 2.09. The number of hydrogen-bond acceptors (Lipinski definition) is 3. The maximum absolute atomic E-state index is 12.2. The van der Waals surface area contributed by atoms with Gasteiger partial charge in [-0.15, -0.1) is 0 Å². The normalized spacial score (nSPS) is 11.0. The van der Waals surface area contributed by atoms with Crippen LogP contribution in [0.4, 0.5) is 0 Å². The lowest BCUT2D eigenvalue weighted by atomic mass is 10.1. The summed E-state index contributed by atoms with van der Waals surface area (Å²) in [5.74, 6) is -0.171. The summed E-state index contributed by atoms with van der Waals surface area (Å²) < 4.78 is 26.7. The zero-order valence-corrected chi connectivity index (χ0v) is 15.3. The van der Waals surface area contributed by atoms with Crippen LogP contribution in [0.2, 0.25) is 0 Å². The number of nitrogens with one attached hydrogen (secondary N) is 2. The van der Waals surface area contributed by atoms with Crippen molar-refractivity contribution in [3.63, 3.8) is 0 Å². The Morgan fingerprint density at radius 3 is 1.85 bits per heavy atom. The second-order valence-corrected chi connectivity index (χ2v) is 7.50. The van der Waals surface area contributed by atoms with E-state index in [-0.39, 0.29) is 23.1 Å². The number of rotatable bonds is 8. The zero-order valence-electron chi connectivity index (χ0n) is 14.5. The lowest BCUT2D eigenvalue weighted by Crippen LogP contribution is -2.46. The highest BCUT2D eigenvalue weighted by Gasteiger charge is 2.16. The molecule has 2 aromatic rings. The quantitative estimate of drug-likeness (QED) is 0.200. The van der Waals surface area contributed by atoms with Crippen molar-refractivity contribution in [2.45, 2.75) is 11.4 Å². The van der Waals surface area contributed by atoms with E-state index in [1.54, 1.807) is 24.3 Å². The van der Waals surface area contributed by atoms with Crippen LogP contribution in [0.1, 0.15) is 16.7 Å². The van der Waals surface area contributed by atoms with Crippen molar-refractivity contribution in [3.05, 3.63) is 65.2 Å². The highest BCUT2D eigenvalue weighted by atomic mass is 32.2. The van der Waals surface area contributed by atoms with E-state index in [1.165, 1.54) is 24.3 Å². The first-order valence-corrected chi connectivity index (χ1v) is 9.39. The minimum atomic E-state index is -3.83. The van der Waals surface area contributed by atoms with Gasteiger partial charge in [0.25, 0.3) is 11.7 Å². The van der Waals surface area contributed by atoms with E-state index in [4.69, 9.17) is 22.3 Å². The largest absolute Gasteiger partial charge is 0.351 e. The standard InChI is InChI=1S/C17H20N6O3S/c18-16(19)12-3-1-11(2-4-12)9-22-15(24)10-23-27(25,26)14-7-5-13(6-8-14)17(20)21/h1-8,23H,9-10H2,(H3,18,19)(H3,20,21)(H,22,24)/p+2. The molecule has 0 bridgehead atoms. The number of carbonyl (C=O) groups excluding carboxylic acids is 1. The third-order valence-electron chi connectivity index (χ3n) is 3.70. The van der Waals surface area contributed by atoms with Crippen LogP contribution in [-0.2, 0) is 21.4 Å². The number of sulfonamides is 1. The Labute approximate surface area is 156 Å². The number of benzene rings is 2. The molecule has 0 fully saturated rings. The Morgan fingerprint density at radius 1 is 0.889 bits per heavy atom. The third-order valence-corrected chi connectivity index (χ3v) is 5.11. The average Bonchev–Trinajstić information content (AvgIpc) is 2.65. The van der Waals surface area contributed by atoms with E-state index < -0.39 is 22.5 Å². The maximum atomic E-state index is 12.2. The molecular weight excluding hydrogens is 368 g/mol. The predicted molar refractivity (Wildman–Crippen MR) is 100 cm³/mol. The van der Waals surface area contributed by atoms with Gasteiger partial charge in [0, 0.05) is 6.54 Å². The molecular formula is C17H22N6O3S+2. The van der Waals surface area contributed by atoms with E-state index in [1.807, 2.05) is 0 Å². The summed E-state index contributed by atoms with van der Waals surface area (Å²) in [5.41, 5.74) is 13.0. The van der Waals surface area contributed by atoms with Crippen LogP contribution in [-0.4, -0.2) is 32.5 Å². The first-order valence-electron chi connectivity index (χ1n) is 7.91. The molecule has 0 aliphatic rings. The first kappa shape index (κ1) is 20.1. The number of carbonyl (C=O) groups is 1. The van der Waals surface area contributed by atoms with E-state index in [0.29, 0.717) is 11.1 Å². The van der Waals surface area contributed by atoms with Gasteiger partial charge in [-0.3, -0.25) is 27.1 Å². The predicted octanol–water partition coefficient (Wildman–Crippen LogP) is -3.79. The topological polar surface area (TPSA) is 178 Å². The molecule has 9 nitrogen and oxygen atoms in total. The summed E-state index contributed by atoms with van der Waals surface area (Å²) in [4.78, 5) is 11.9. The Balaban J connectivity index is 1.88. The molecule has 2 aromatic carbocycles. The third kappa shape index (κ3) is 5.62. The van der Waals surface area contributed by atoms with Gasteiger partial charge in [-0.05, 0) is 42.0 Å². The van der Waals surface area contributed by atoms with Gasteiger partial charge in [-0.2, -0.15) is 0 Å². The fourth-order valence-corrected chi connectivity index (χ4v) is 3.13. The number of amidine groups is 2. The molecule has 142 valence electrons. The van der Waals surface area contributed by atoms with Crippen LogP contribution >= 0.6 is 0 Å². The van der Waals surface area contributed by atoms with Gasteiger partial charge in [0.15, 0.2) is 0 Å². The van der Waals surface area contributed by atoms with Gasteiger partial charge in [0.2, 0.25) is 15.9 Å². The van der Waals surface area contributed by atoms with Gasteiger partial charge in [-0.1, -0.05) is 12.1 Å². The Bertz CT molecular complexity index is 953. The van der Waals surface area contributed by atoms with Gasteiger partial charge < -0.3 is 5.32 Å². The Morgan fingerprint density at radius 2 is 1.37 bits per heavy atom. The van der Waals surface area contributed by atoms with Crippen LogP contribution in [0.15, 0.2) is 53.4 Å². The minimum Gasteiger partial charge on any atom is -0.351 e. The van der Waals surface area contributed by atoms with E-state index in [2.05, 4.69) is 10.0 Å². The molecule has 0 aliphatic heterocycles. The van der Waals surface area contributed by atoms with Crippen molar-refractivity contribution in [3.8, 4) is 0 Å². The van der Waals surface area contributed by atoms with Crippen LogP contribution in [0.3, 0.4) is 0 Å². The molecule has 0 saturated carbocycles. The summed E-state index contributed by atoms with van der Waals surface area (Å²) in [6.45, 7) is -0.150. The smallest absolute Gasteiger partial charge is 0.270 e. The Hall–Kier alpha value is -3.24. The molecule has 0 heterocycles. The first-order chi connectivity index (χ1) is 12.7. The Kier molecular flexibility index (Phi) is 6.27. The molecule has 10 N–H and O–H groups in total. The molecule has 0 spiro atoms. The lowest BCUT2D eigenvalue weighted by molar-refractivity contribution is -0.120. The van der Waals surface area contributed by atoms with Gasteiger partial charge in [0.1, 0.15) is 0 Å². The minimum absolute atomic E-state index is 0.00603. The lowest BCUT2D eigenvalue weighted by Gasteiger charge is -2.08. The van der Waals surface area contributed by atoms with Gasteiger partial charge >= 0.3 is 0 Å². The molecule has 27 heavy (non-hydrogen) atoms. The van der Waals surface area contributed by atoms with Crippen molar-refractivity contribution in [2.24, 2.45) is 11.5 Å². The number of amides is 1. The average molecular weight is 390 g/mol. The van der Waals surface area contributed by atoms with Crippen molar-refractivity contribution in [1.82, 2.24) is 10.0 Å². The fraction of sp³-hybridized carbons (Fsp3) is 0.118. The summed E-state index contributed by atoms with van der Waals surface area (Å²) in [5, 5.41) is 13.5. The molecule has 2 rings (SSSR count). The van der Waals surface area contributed by atoms with E-state index in [0.717, 1.165) is 5.56 Å². The van der Waals surface area contributed by atoms with E-state index >= 15 is 0 Å². The maximum Gasteiger partial charge on any atom is 0.270 e. The highest BCUT2D eigenvalue weighted by molar-refractivity contribution is 7.89. The van der Waals surface area contributed by atoms with E-state index in [9.17, 15) is 13.2 Å². The monoisotopic (exact) mass is 390 g/mol. The van der Waals surface area contributed by atoms with Gasteiger partial charge in [-0.25, -0.2) is 13.1 Å². The molecule has 0 aliphatic carbocycles. The molecule has 0 unspecified atom stereocenters. The van der Waals surface area contributed by atoms with Crippen LogP contribution < -0.4 is 32.3 Å². The SMILES string of the molecule is NC(=[NH2+])c1ccc(CNC(=O)CNS(=O)(=O)c2ccc(C(N)=[NH2+])cc2)cc1. The van der Waals surface area contributed by atoms with Crippen LogP contribution in [0.25, 0.3) is 0 Å². The van der Waals surface area contributed by atoms with Crippen LogP contribution in [0.5, 0.6) is 0 Å². The molecule has 0 saturated heterocycles. The van der Waals surface area contributed by atoms with Crippen molar-refractivity contribution < 1.29 is 24.0 Å². The number of nitrogens with two attached hydrogens (primary N) is 4. The summed E-state index contributed by atoms with van der Waals surface area (Å²) in [7, 11) is -3.83. The fourth-order valence-electron chi connectivity index (χ4n) is 2.15. The van der Waals surface area contributed by atoms with Crippen LogP contribution in [0, 0.1) is 0 Å². The second kappa shape index (κ2) is 8.43. The zero-order chi connectivity index (χ0) is 20.0. The van der Waals surface area contributed by atoms with Crippen molar-refractivity contribution in [1.29, 1.82) is 0 Å². The summed E-state index contributed by atoms with van der Waals surface area (Å²) in [6.07, 6.45) is 0. The number of hydrogen-bond donors (Lipinski definition) is 6. The molecule has 0 radical (unpaired) electrons. The molecule has 10 heteroatoms. The van der Waals surface area contributed by atoms with Gasteiger partial charge in [0.05, 0.1) is 22.6 Å². The van der Waals surface area contributed by atoms with Crippen molar-refractivity contribution in [2.75, 3.05) is 6.54 Å². The molecule has 0 aromatic heterocycles. The van der Waals surface area contributed by atoms with Crippen molar-refractivity contribution >= 4 is 27.6 Å². The molecule has 1 amide bonds. The molecule has 0 atom stereocenters. The summed E-state index contributed by atoms with van der Waals surface area (Å²) >= 11 is 0. The second-order valence-electron chi connectivity index (χ2n) is 5.73.